The third kappa shape index (κ3) is 6.53. The molecule has 0 spiro atoms. The van der Waals surface area contributed by atoms with Crippen LogP contribution in [0.5, 0.6) is 0 Å². The van der Waals surface area contributed by atoms with E-state index in [1.165, 1.54) is 25.0 Å². The maximum Gasteiger partial charge on any atom is 0.126 e. The lowest BCUT2D eigenvalue weighted by Gasteiger charge is -2.27. The minimum atomic E-state index is -0.831. The van der Waals surface area contributed by atoms with Crippen LogP contribution in [0.4, 0.5) is 8.78 Å². The molecule has 0 aliphatic carbocycles. The Kier molecular flexibility index (Phi) is 7.83. The van der Waals surface area contributed by atoms with Crippen molar-refractivity contribution >= 4 is 0 Å². The van der Waals surface area contributed by atoms with Gasteiger partial charge in [-0.2, -0.15) is 0 Å². The van der Waals surface area contributed by atoms with E-state index in [0.29, 0.717) is 18.0 Å². The zero-order valence-electron chi connectivity index (χ0n) is 13.3. The standard InChI is InChI=1S/C17H27F2NO/c1-4-5-6-8-20(13(2)3)9-7-17(21)14-10-15(18)12-16(19)11-14/h10-13,17,21H,4-9H2,1-3H3. The van der Waals surface area contributed by atoms with Crippen LogP contribution in [-0.4, -0.2) is 29.1 Å². The topological polar surface area (TPSA) is 23.5 Å². The van der Waals surface area contributed by atoms with Crippen molar-refractivity contribution in [1.82, 2.24) is 4.90 Å². The van der Waals surface area contributed by atoms with Crippen molar-refractivity contribution < 1.29 is 13.9 Å². The highest BCUT2D eigenvalue weighted by Gasteiger charge is 2.14. The van der Waals surface area contributed by atoms with E-state index in [-0.39, 0.29) is 0 Å². The van der Waals surface area contributed by atoms with E-state index >= 15 is 0 Å². The molecule has 1 unspecified atom stereocenters. The van der Waals surface area contributed by atoms with Crippen molar-refractivity contribution in [2.45, 2.75) is 58.6 Å². The Morgan fingerprint density at radius 3 is 2.19 bits per heavy atom. The van der Waals surface area contributed by atoms with Crippen LogP contribution in [-0.2, 0) is 0 Å². The van der Waals surface area contributed by atoms with Gasteiger partial charge in [-0.1, -0.05) is 19.8 Å². The first-order chi connectivity index (χ1) is 9.93. The molecule has 0 aromatic heterocycles. The van der Waals surface area contributed by atoms with Crippen LogP contribution < -0.4 is 0 Å². The van der Waals surface area contributed by atoms with Crippen molar-refractivity contribution in [2.75, 3.05) is 13.1 Å². The summed E-state index contributed by atoms with van der Waals surface area (Å²) in [7, 11) is 0. The summed E-state index contributed by atoms with van der Waals surface area (Å²) < 4.78 is 26.3. The zero-order valence-corrected chi connectivity index (χ0v) is 13.3. The Bertz CT molecular complexity index is 403. The molecule has 0 saturated heterocycles. The molecule has 1 aromatic carbocycles. The number of aliphatic hydroxyl groups is 1. The number of aliphatic hydroxyl groups excluding tert-OH is 1. The van der Waals surface area contributed by atoms with Gasteiger partial charge in [-0.05, 0) is 50.9 Å². The summed E-state index contributed by atoms with van der Waals surface area (Å²) in [6.45, 7) is 8.14. The van der Waals surface area contributed by atoms with Gasteiger partial charge in [0.05, 0.1) is 6.10 Å². The van der Waals surface area contributed by atoms with Gasteiger partial charge in [0.2, 0.25) is 0 Å². The number of nitrogens with zero attached hydrogens (tertiary/aromatic N) is 1. The molecule has 1 N–H and O–H groups in total. The quantitative estimate of drug-likeness (QED) is 0.688. The molecule has 0 radical (unpaired) electrons. The van der Waals surface area contributed by atoms with E-state index in [4.69, 9.17) is 0 Å². The Morgan fingerprint density at radius 1 is 1.05 bits per heavy atom. The predicted octanol–water partition coefficient (Wildman–Crippen LogP) is 4.29. The zero-order chi connectivity index (χ0) is 15.8. The minimum Gasteiger partial charge on any atom is -0.388 e. The summed E-state index contributed by atoms with van der Waals surface area (Å²) in [5.41, 5.74) is 0.310. The van der Waals surface area contributed by atoms with Crippen molar-refractivity contribution in [2.24, 2.45) is 0 Å². The average molecular weight is 299 g/mol. The first-order valence-corrected chi connectivity index (χ1v) is 7.82. The fourth-order valence-electron chi connectivity index (χ4n) is 2.42. The second-order valence-corrected chi connectivity index (χ2v) is 5.84. The summed E-state index contributed by atoms with van der Waals surface area (Å²) in [5.74, 6) is -1.29. The largest absolute Gasteiger partial charge is 0.388 e. The smallest absolute Gasteiger partial charge is 0.126 e. The van der Waals surface area contributed by atoms with Crippen LogP contribution in [0.25, 0.3) is 0 Å². The van der Waals surface area contributed by atoms with Crippen LogP contribution in [0.2, 0.25) is 0 Å². The second-order valence-electron chi connectivity index (χ2n) is 5.84. The summed E-state index contributed by atoms with van der Waals surface area (Å²) in [4.78, 5) is 2.30. The van der Waals surface area contributed by atoms with E-state index in [1.54, 1.807) is 0 Å². The maximum atomic E-state index is 13.2. The molecule has 0 amide bonds. The minimum absolute atomic E-state index is 0.310. The van der Waals surface area contributed by atoms with Gasteiger partial charge in [-0.3, -0.25) is 0 Å². The first-order valence-electron chi connectivity index (χ1n) is 7.82. The highest BCUT2D eigenvalue weighted by molar-refractivity contribution is 5.20. The number of unbranched alkanes of at least 4 members (excludes halogenated alkanes) is 2. The third-order valence-corrected chi connectivity index (χ3v) is 3.74. The van der Waals surface area contributed by atoms with Gasteiger partial charge in [0.1, 0.15) is 11.6 Å². The lowest BCUT2D eigenvalue weighted by molar-refractivity contribution is 0.128. The molecule has 4 heteroatoms. The van der Waals surface area contributed by atoms with Gasteiger partial charge in [-0.15, -0.1) is 0 Å². The lowest BCUT2D eigenvalue weighted by Crippen LogP contribution is -2.33. The number of hydrogen-bond donors (Lipinski definition) is 1. The Balaban J connectivity index is 2.54. The number of halogens is 2. The van der Waals surface area contributed by atoms with Crippen molar-refractivity contribution in [3.05, 3.63) is 35.4 Å². The Labute approximate surface area is 126 Å². The molecule has 0 fully saturated rings. The van der Waals surface area contributed by atoms with Gasteiger partial charge in [0.15, 0.2) is 0 Å². The van der Waals surface area contributed by atoms with Gasteiger partial charge >= 0.3 is 0 Å². The van der Waals surface area contributed by atoms with Gasteiger partial charge in [0.25, 0.3) is 0 Å². The highest BCUT2D eigenvalue weighted by Crippen LogP contribution is 2.20. The second kappa shape index (κ2) is 9.11. The van der Waals surface area contributed by atoms with Crippen molar-refractivity contribution in [1.29, 1.82) is 0 Å². The molecular formula is C17H27F2NO. The van der Waals surface area contributed by atoms with Gasteiger partial charge in [-0.25, -0.2) is 8.78 Å². The van der Waals surface area contributed by atoms with Crippen LogP contribution in [0.15, 0.2) is 18.2 Å². The normalized spacial score (nSPS) is 13.1. The maximum absolute atomic E-state index is 13.2. The van der Waals surface area contributed by atoms with Crippen molar-refractivity contribution in [3.8, 4) is 0 Å². The molecule has 1 atom stereocenters. The monoisotopic (exact) mass is 299 g/mol. The fraction of sp³-hybridized carbons (Fsp3) is 0.647. The van der Waals surface area contributed by atoms with E-state index in [0.717, 1.165) is 25.6 Å². The SMILES string of the molecule is CCCCCN(CCC(O)c1cc(F)cc(F)c1)C(C)C. The molecule has 120 valence electrons. The average Bonchev–Trinajstić information content (AvgIpc) is 2.40. The molecule has 1 aromatic rings. The molecule has 1 rings (SSSR count). The molecule has 0 saturated carbocycles. The Morgan fingerprint density at radius 2 is 1.67 bits per heavy atom. The van der Waals surface area contributed by atoms with E-state index in [1.807, 2.05) is 0 Å². The van der Waals surface area contributed by atoms with Gasteiger partial charge in [0, 0.05) is 18.7 Å². The Hall–Kier alpha value is -1.00. The van der Waals surface area contributed by atoms with Crippen molar-refractivity contribution in [3.63, 3.8) is 0 Å². The molecular weight excluding hydrogens is 272 g/mol. The third-order valence-electron chi connectivity index (χ3n) is 3.74. The van der Waals surface area contributed by atoms with E-state index in [9.17, 15) is 13.9 Å². The predicted molar refractivity (Wildman–Crippen MR) is 82.2 cm³/mol. The number of benzene rings is 1. The highest BCUT2D eigenvalue weighted by atomic mass is 19.1. The summed E-state index contributed by atoms with van der Waals surface area (Å²) >= 11 is 0. The summed E-state index contributed by atoms with van der Waals surface area (Å²) in [6, 6.07) is 3.62. The lowest BCUT2D eigenvalue weighted by atomic mass is 10.1. The van der Waals surface area contributed by atoms with Crippen LogP contribution in [0, 0.1) is 11.6 Å². The molecule has 0 aliphatic rings. The van der Waals surface area contributed by atoms with Crippen LogP contribution in [0.3, 0.4) is 0 Å². The molecule has 0 heterocycles. The molecule has 0 bridgehead atoms. The van der Waals surface area contributed by atoms with Crippen LogP contribution in [0.1, 0.15) is 58.1 Å². The van der Waals surface area contributed by atoms with E-state index in [2.05, 4.69) is 25.7 Å². The molecule has 0 aliphatic heterocycles. The molecule has 2 nitrogen and oxygen atoms in total. The number of hydrogen-bond acceptors (Lipinski definition) is 2. The first kappa shape index (κ1) is 18.1. The summed E-state index contributed by atoms with van der Waals surface area (Å²) in [5, 5.41) is 10.1. The van der Waals surface area contributed by atoms with Crippen LogP contribution >= 0.6 is 0 Å². The van der Waals surface area contributed by atoms with E-state index < -0.39 is 17.7 Å². The number of rotatable bonds is 9. The van der Waals surface area contributed by atoms with Gasteiger partial charge < -0.3 is 10.0 Å². The fourth-order valence-corrected chi connectivity index (χ4v) is 2.42. The summed E-state index contributed by atoms with van der Waals surface area (Å²) in [6.07, 6.45) is 3.16. The molecule has 21 heavy (non-hydrogen) atoms.